The molecule has 0 bridgehead atoms. The number of rotatable bonds is 14. The summed E-state index contributed by atoms with van der Waals surface area (Å²) < 4.78 is 1.52. The molecule has 6 atom stereocenters. The average Bonchev–Trinajstić information content (AvgIpc) is 3.48. The van der Waals surface area contributed by atoms with Gasteiger partial charge in [-0.2, -0.15) is 0 Å². The van der Waals surface area contributed by atoms with Crippen molar-refractivity contribution in [2.24, 2.45) is 17.8 Å². The van der Waals surface area contributed by atoms with Gasteiger partial charge in [-0.25, -0.2) is 0 Å². The predicted molar refractivity (Wildman–Crippen MR) is 170 cm³/mol. The molecule has 0 saturated heterocycles. The molecule has 2 aromatic rings. The minimum atomic E-state index is 0.710. The largest absolute Gasteiger partial charge is 0.140 e. The van der Waals surface area contributed by atoms with E-state index in [1.165, 1.54) is 99.1 Å². The normalized spacial score (nSPS) is 25.3. The highest BCUT2D eigenvalue weighted by molar-refractivity contribution is 8.03. The molecule has 4 rings (SSSR count). The molecule has 1 aromatic heterocycles. The van der Waals surface area contributed by atoms with Gasteiger partial charge in [-0.05, 0) is 115 Å². The topological polar surface area (TPSA) is 0 Å². The monoisotopic (exact) mass is 538 g/mol. The van der Waals surface area contributed by atoms with E-state index in [1.54, 1.807) is 15.3 Å². The lowest BCUT2D eigenvalue weighted by molar-refractivity contribution is 0.294. The van der Waals surface area contributed by atoms with Gasteiger partial charge in [0.05, 0.1) is 0 Å². The van der Waals surface area contributed by atoms with Gasteiger partial charge in [0.2, 0.25) is 0 Å². The molecule has 1 fully saturated rings. The molecule has 1 aliphatic carbocycles. The van der Waals surface area contributed by atoms with E-state index < -0.39 is 0 Å². The Morgan fingerprint density at radius 3 is 2.24 bits per heavy atom. The zero-order valence-corrected chi connectivity index (χ0v) is 26.4. The number of aryl methyl sites for hydroxylation is 1. The van der Waals surface area contributed by atoms with E-state index in [0.717, 1.165) is 28.9 Å². The Kier molecular flexibility index (Phi) is 11.1. The number of thiophene rings is 1. The van der Waals surface area contributed by atoms with Gasteiger partial charge in [0.15, 0.2) is 0 Å². The summed E-state index contributed by atoms with van der Waals surface area (Å²) >= 11 is 4.37. The molecule has 1 saturated carbocycles. The number of hydrogen-bond donors (Lipinski definition) is 0. The highest BCUT2D eigenvalue weighted by Crippen LogP contribution is 2.54. The number of fused-ring (bicyclic) bond motifs is 2. The fourth-order valence-electron chi connectivity index (χ4n) is 7.22. The number of benzene rings is 1. The molecule has 0 nitrogen and oxygen atoms in total. The first-order valence-electron chi connectivity index (χ1n) is 15.9. The average molecular weight is 539 g/mol. The maximum absolute atomic E-state index is 2.75. The number of hydrogen-bond acceptors (Lipinski definition) is 2. The Morgan fingerprint density at radius 2 is 1.57 bits per heavy atom. The molecule has 2 heteroatoms. The van der Waals surface area contributed by atoms with Crippen LogP contribution in [0.4, 0.5) is 0 Å². The van der Waals surface area contributed by atoms with Crippen molar-refractivity contribution >= 4 is 33.2 Å². The molecule has 2 aliphatic rings. The van der Waals surface area contributed by atoms with Crippen LogP contribution in [0.2, 0.25) is 0 Å². The molecule has 3 unspecified atom stereocenters. The fraction of sp³-hybridized carbons (Fsp3) is 0.714. The summed E-state index contributed by atoms with van der Waals surface area (Å²) in [5.74, 6) is 3.84. The molecule has 0 N–H and O–H groups in total. The summed E-state index contributed by atoms with van der Waals surface area (Å²) in [4.78, 5) is 3.40. The van der Waals surface area contributed by atoms with Gasteiger partial charge in [-0.3, -0.25) is 0 Å². The van der Waals surface area contributed by atoms with Gasteiger partial charge in [0.25, 0.3) is 0 Å². The molecule has 0 spiro atoms. The van der Waals surface area contributed by atoms with Crippen molar-refractivity contribution in [3.63, 3.8) is 0 Å². The van der Waals surface area contributed by atoms with Crippen LogP contribution in [-0.2, 0) is 0 Å². The Labute approximate surface area is 237 Å². The molecule has 37 heavy (non-hydrogen) atoms. The molecule has 1 aromatic carbocycles. The molecule has 2 heterocycles. The highest BCUT2D eigenvalue weighted by atomic mass is 32.2. The third-order valence-corrected chi connectivity index (χ3v) is 12.4. The zero-order chi connectivity index (χ0) is 26.4. The third kappa shape index (κ3) is 7.08. The van der Waals surface area contributed by atoms with Gasteiger partial charge in [0.1, 0.15) is 0 Å². The molecular formula is C35H54S2. The summed E-state index contributed by atoms with van der Waals surface area (Å²) in [5, 5.41) is 2.35. The molecule has 206 valence electrons. The summed E-state index contributed by atoms with van der Waals surface area (Å²) in [6, 6.07) is 7.74. The van der Waals surface area contributed by atoms with Crippen LogP contribution in [0.1, 0.15) is 146 Å². The second-order valence-corrected chi connectivity index (χ2v) is 14.9. The van der Waals surface area contributed by atoms with Crippen LogP contribution in [0.15, 0.2) is 29.2 Å². The van der Waals surface area contributed by atoms with Crippen LogP contribution < -0.4 is 0 Å². The van der Waals surface area contributed by atoms with E-state index in [9.17, 15) is 0 Å². The maximum Gasteiger partial charge on any atom is 0.0348 e. The van der Waals surface area contributed by atoms with E-state index in [1.807, 2.05) is 0 Å². The molecule has 0 radical (unpaired) electrons. The van der Waals surface area contributed by atoms with Crippen molar-refractivity contribution in [1.29, 1.82) is 0 Å². The fourth-order valence-corrected chi connectivity index (χ4v) is 10.4. The minimum Gasteiger partial charge on any atom is -0.140 e. The number of allylic oxidation sites excluding steroid dienone is 2. The summed E-state index contributed by atoms with van der Waals surface area (Å²) in [6.45, 7) is 14.4. The van der Waals surface area contributed by atoms with Crippen molar-refractivity contribution in [1.82, 2.24) is 0 Å². The maximum atomic E-state index is 2.75. The van der Waals surface area contributed by atoms with Crippen LogP contribution in [0.5, 0.6) is 0 Å². The van der Waals surface area contributed by atoms with E-state index in [2.05, 4.69) is 88.9 Å². The Morgan fingerprint density at radius 1 is 0.838 bits per heavy atom. The standard InChI is InChI=1S/C35H54S2/c1-7-11-13-16-26(10-4)34-22-28-20-30(24(5)18-32(28)36-34)31-21-29-23-35(37-33(29)19-25(31)6)27(15-9-3)17-14-12-8-2/h19,21-24,26-28,30,32H,7-18,20H2,1-6H3/t24-,26+,27?,28+,30?,32?/m1/s1. The number of thioether (sulfide) groups is 1. The lowest BCUT2D eigenvalue weighted by atomic mass is 9.70. The van der Waals surface area contributed by atoms with E-state index in [-0.39, 0.29) is 0 Å². The predicted octanol–water partition coefficient (Wildman–Crippen LogP) is 12.4. The molecular weight excluding hydrogens is 485 g/mol. The molecule has 1 aliphatic heterocycles. The summed E-state index contributed by atoms with van der Waals surface area (Å²) in [5.41, 5.74) is 3.19. The van der Waals surface area contributed by atoms with Gasteiger partial charge in [-0.1, -0.05) is 85.6 Å². The van der Waals surface area contributed by atoms with Crippen molar-refractivity contribution < 1.29 is 0 Å². The van der Waals surface area contributed by atoms with Crippen molar-refractivity contribution in [3.05, 3.63) is 45.2 Å². The quantitative estimate of drug-likeness (QED) is 0.215. The van der Waals surface area contributed by atoms with Gasteiger partial charge in [-0.15, -0.1) is 23.1 Å². The Balaban J connectivity index is 1.52. The van der Waals surface area contributed by atoms with Crippen molar-refractivity contribution in [2.45, 2.75) is 142 Å². The first-order valence-corrected chi connectivity index (χ1v) is 17.6. The first kappa shape index (κ1) is 29.3. The Hall–Kier alpha value is -0.730. The third-order valence-electron chi connectivity index (χ3n) is 9.53. The summed E-state index contributed by atoms with van der Waals surface area (Å²) in [7, 11) is 0. The summed E-state index contributed by atoms with van der Waals surface area (Å²) in [6.07, 6.45) is 20.4. The number of unbranched alkanes of at least 4 members (excludes halogenated alkanes) is 4. The zero-order valence-electron chi connectivity index (χ0n) is 24.8. The van der Waals surface area contributed by atoms with Gasteiger partial charge >= 0.3 is 0 Å². The van der Waals surface area contributed by atoms with Crippen LogP contribution in [0.3, 0.4) is 0 Å². The van der Waals surface area contributed by atoms with E-state index in [0.29, 0.717) is 5.92 Å². The van der Waals surface area contributed by atoms with Crippen molar-refractivity contribution in [2.75, 3.05) is 0 Å². The van der Waals surface area contributed by atoms with Gasteiger partial charge in [0, 0.05) is 14.8 Å². The van der Waals surface area contributed by atoms with Crippen LogP contribution >= 0.6 is 23.1 Å². The second-order valence-electron chi connectivity index (χ2n) is 12.4. The molecule has 0 amide bonds. The van der Waals surface area contributed by atoms with Crippen LogP contribution in [-0.4, -0.2) is 5.25 Å². The van der Waals surface area contributed by atoms with E-state index in [4.69, 9.17) is 0 Å². The first-order chi connectivity index (χ1) is 18.0. The lowest BCUT2D eigenvalue weighted by Gasteiger charge is -2.37. The van der Waals surface area contributed by atoms with Crippen LogP contribution in [0, 0.1) is 24.7 Å². The SMILES string of the molecule is CCCCCC(CCC)c1cc2cc(C3C[C@H]4C=C([C@@H](CC)CCCCC)SC4C[C@H]3C)c(C)cc2s1. The highest BCUT2D eigenvalue weighted by Gasteiger charge is 2.40. The smallest absolute Gasteiger partial charge is 0.0348 e. The van der Waals surface area contributed by atoms with Crippen molar-refractivity contribution in [3.8, 4) is 0 Å². The minimum absolute atomic E-state index is 0.710. The van der Waals surface area contributed by atoms with Gasteiger partial charge < -0.3 is 0 Å². The Bertz CT molecular complexity index is 1010. The van der Waals surface area contributed by atoms with Crippen LogP contribution in [0.25, 0.3) is 10.1 Å². The van der Waals surface area contributed by atoms with E-state index >= 15 is 0 Å². The lowest BCUT2D eigenvalue weighted by Crippen LogP contribution is -2.28. The second kappa shape index (κ2) is 14.1.